The highest BCUT2D eigenvalue weighted by molar-refractivity contribution is 4.81. The zero-order valence-electron chi connectivity index (χ0n) is 13.2. The van der Waals surface area contributed by atoms with Crippen molar-refractivity contribution < 1.29 is 0 Å². The molecule has 19 heavy (non-hydrogen) atoms. The van der Waals surface area contributed by atoms with E-state index in [4.69, 9.17) is 0 Å². The Balaban J connectivity index is 1.73. The molecular weight excluding hydrogens is 232 g/mol. The van der Waals surface area contributed by atoms with E-state index in [-0.39, 0.29) is 0 Å². The van der Waals surface area contributed by atoms with Gasteiger partial charge < -0.3 is 10.2 Å². The average Bonchev–Trinajstić information content (AvgIpc) is 2.47. The molecule has 1 N–H and O–H groups in total. The van der Waals surface area contributed by atoms with Crippen LogP contribution in [-0.2, 0) is 0 Å². The van der Waals surface area contributed by atoms with E-state index < -0.39 is 0 Å². The van der Waals surface area contributed by atoms with Crippen LogP contribution < -0.4 is 5.32 Å². The molecule has 1 atom stereocenters. The van der Waals surface area contributed by atoms with Gasteiger partial charge in [0.1, 0.15) is 0 Å². The van der Waals surface area contributed by atoms with Crippen LogP contribution >= 0.6 is 0 Å². The van der Waals surface area contributed by atoms with E-state index in [2.05, 4.69) is 24.3 Å². The van der Waals surface area contributed by atoms with Gasteiger partial charge in [-0.15, -0.1) is 0 Å². The Morgan fingerprint density at radius 1 is 0.947 bits per heavy atom. The number of likely N-dealkylation sites (N-methyl/N-ethyl adjacent to an activating group) is 2. The van der Waals surface area contributed by atoms with E-state index in [9.17, 15) is 0 Å². The lowest BCUT2D eigenvalue weighted by atomic mass is 9.83. The van der Waals surface area contributed by atoms with Crippen LogP contribution in [0.5, 0.6) is 0 Å². The van der Waals surface area contributed by atoms with Gasteiger partial charge >= 0.3 is 0 Å². The van der Waals surface area contributed by atoms with Crippen LogP contribution in [0.25, 0.3) is 0 Å². The Morgan fingerprint density at radius 2 is 1.53 bits per heavy atom. The standard InChI is InChI=1S/C17H34N2/c1-18-17(16-11-7-4-8-12-16)14-19(2)13-15-9-5-3-6-10-15/h15-18H,3-14H2,1-2H3. The molecule has 2 saturated carbocycles. The van der Waals surface area contributed by atoms with Gasteiger partial charge in [0.25, 0.3) is 0 Å². The Labute approximate surface area is 120 Å². The molecule has 2 heteroatoms. The first-order valence-corrected chi connectivity index (χ1v) is 8.65. The second-order valence-electron chi connectivity index (χ2n) is 7.02. The molecule has 2 fully saturated rings. The van der Waals surface area contributed by atoms with E-state index in [1.807, 2.05) is 0 Å². The molecule has 2 aliphatic rings. The van der Waals surface area contributed by atoms with E-state index in [1.165, 1.54) is 77.3 Å². The Morgan fingerprint density at radius 3 is 2.11 bits per heavy atom. The van der Waals surface area contributed by atoms with Crippen molar-refractivity contribution in [1.29, 1.82) is 0 Å². The smallest absolute Gasteiger partial charge is 0.0220 e. The summed E-state index contributed by atoms with van der Waals surface area (Å²) in [7, 11) is 4.50. The molecule has 2 nitrogen and oxygen atoms in total. The van der Waals surface area contributed by atoms with Gasteiger partial charge in [-0.05, 0) is 51.6 Å². The van der Waals surface area contributed by atoms with Crippen molar-refractivity contribution in [2.45, 2.75) is 70.3 Å². The summed E-state index contributed by atoms with van der Waals surface area (Å²) in [5.41, 5.74) is 0. The topological polar surface area (TPSA) is 15.3 Å². The monoisotopic (exact) mass is 266 g/mol. The summed E-state index contributed by atoms with van der Waals surface area (Å²) in [6, 6.07) is 0.717. The largest absolute Gasteiger partial charge is 0.315 e. The summed E-state index contributed by atoms with van der Waals surface area (Å²) in [5.74, 6) is 1.90. The first kappa shape index (κ1) is 15.3. The maximum absolute atomic E-state index is 3.60. The van der Waals surface area contributed by atoms with Gasteiger partial charge in [0, 0.05) is 19.1 Å². The third-order valence-corrected chi connectivity index (χ3v) is 5.39. The molecule has 0 aliphatic heterocycles. The van der Waals surface area contributed by atoms with E-state index in [0.29, 0.717) is 6.04 Å². The second-order valence-corrected chi connectivity index (χ2v) is 7.02. The molecular formula is C17H34N2. The summed E-state index contributed by atoms with van der Waals surface area (Å²) in [6.07, 6.45) is 14.6. The van der Waals surface area contributed by atoms with E-state index in [1.54, 1.807) is 0 Å². The number of nitrogens with one attached hydrogen (secondary N) is 1. The fourth-order valence-electron chi connectivity index (χ4n) is 4.23. The van der Waals surface area contributed by atoms with Crippen molar-refractivity contribution >= 4 is 0 Å². The van der Waals surface area contributed by atoms with Crippen LogP contribution in [0.15, 0.2) is 0 Å². The van der Waals surface area contributed by atoms with Crippen LogP contribution in [0.3, 0.4) is 0 Å². The predicted octanol–water partition coefficient (Wildman–Crippen LogP) is 3.67. The maximum Gasteiger partial charge on any atom is 0.0220 e. The molecule has 0 aromatic carbocycles. The molecule has 2 aliphatic carbocycles. The lowest BCUT2D eigenvalue weighted by Gasteiger charge is -2.34. The van der Waals surface area contributed by atoms with E-state index >= 15 is 0 Å². The number of nitrogens with zero attached hydrogens (tertiary/aromatic N) is 1. The molecule has 0 bridgehead atoms. The van der Waals surface area contributed by atoms with Crippen LogP contribution in [0.1, 0.15) is 64.2 Å². The van der Waals surface area contributed by atoms with Crippen molar-refractivity contribution in [2.75, 3.05) is 27.2 Å². The van der Waals surface area contributed by atoms with Crippen molar-refractivity contribution in [3.8, 4) is 0 Å². The zero-order valence-corrected chi connectivity index (χ0v) is 13.2. The minimum Gasteiger partial charge on any atom is -0.315 e. The van der Waals surface area contributed by atoms with Crippen molar-refractivity contribution in [2.24, 2.45) is 11.8 Å². The molecule has 2 rings (SSSR count). The average molecular weight is 266 g/mol. The van der Waals surface area contributed by atoms with E-state index in [0.717, 1.165) is 11.8 Å². The highest BCUT2D eigenvalue weighted by atomic mass is 15.1. The van der Waals surface area contributed by atoms with Crippen LogP contribution in [0.4, 0.5) is 0 Å². The number of hydrogen-bond acceptors (Lipinski definition) is 2. The summed E-state index contributed by atoms with van der Waals surface area (Å²) in [6.45, 7) is 2.57. The molecule has 0 amide bonds. The Bertz CT molecular complexity index is 229. The first-order chi connectivity index (χ1) is 9.29. The van der Waals surface area contributed by atoms with Crippen molar-refractivity contribution in [3.05, 3.63) is 0 Å². The minimum absolute atomic E-state index is 0.717. The number of rotatable bonds is 6. The third kappa shape index (κ3) is 5.07. The summed E-state index contributed by atoms with van der Waals surface area (Å²) in [4.78, 5) is 2.60. The van der Waals surface area contributed by atoms with Crippen molar-refractivity contribution in [3.63, 3.8) is 0 Å². The minimum atomic E-state index is 0.717. The zero-order chi connectivity index (χ0) is 13.5. The lowest BCUT2D eigenvalue weighted by Crippen LogP contribution is -2.44. The molecule has 0 saturated heterocycles. The number of hydrogen-bond donors (Lipinski definition) is 1. The molecule has 0 heterocycles. The summed E-state index contributed by atoms with van der Waals surface area (Å²) in [5, 5.41) is 3.60. The molecule has 0 radical (unpaired) electrons. The van der Waals surface area contributed by atoms with Crippen LogP contribution in [0.2, 0.25) is 0 Å². The fourth-order valence-corrected chi connectivity index (χ4v) is 4.23. The Kier molecular flexibility index (Phi) is 6.66. The van der Waals surface area contributed by atoms with Gasteiger partial charge in [-0.25, -0.2) is 0 Å². The third-order valence-electron chi connectivity index (χ3n) is 5.39. The quantitative estimate of drug-likeness (QED) is 0.789. The predicted molar refractivity (Wildman–Crippen MR) is 83.5 cm³/mol. The Hall–Kier alpha value is -0.0800. The molecule has 0 aromatic heterocycles. The van der Waals surface area contributed by atoms with Gasteiger partial charge in [0.05, 0.1) is 0 Å². The highest BCUT2D eigenvalue weighted by Gasteiger charge is 2.24. The summed E-state index contributed by atoms with van der Waals surface area (Å²) >= 11 is 0. The summed E-state index contributed by atoms with van der Waals surface area (Å²) < 4.78 is 0. The van der Waals surface area contributed by atoms with Gasteiger partial charge in [0.15, 0.2) is 0 Å². The van der Waals surface area contributed by atoms with Crippen LogP contribution in [-0.4, -0.2) is 38.1 Å². The van der Waals surface area contributed by atoms with Crippen LogP contribution in [0, 0.1) is 11.8 Å². The van der Waals surface area contributed by atoms with Gasteiger partial charge in [0.2, 0.25) is 0 Å². The van der Waals surface area contributed by atoms with Gasteiger partial charge in [-0.2, -0.15) is 0 Å². The lowest BCUT2D eigenvalue weighted by molar-refractivity contribution is 0.180. The van der Waals surface area contributed by atoms with Gasteiger partial charge in [-0.1, -0.05) is 38.5 Å². The first-order valence-electron chi connectivity index (χ1n) is 8.65. The fraction of sp³-hybridized carbons (Fsp3) is 1.00. The molecule has 0 spiro atoms. The maximum atomic E-state index is 3.60. The highest BCUT2D eigenvalue weighted by Crippen LogP contribution is 2.28. The van der Waals surface area contributed by atoms with Gasteiger partial charge in [-0.3, -0.25) is 0 Å². The molecule has 112 valence electrons. The molecule has 1 unspecified atom stereocenters. The normalized spacial score (nSPS) is 24.8. The SMILES string of the molecule is CNC(CN(C)CC1CCCCC1)C1CCCCC1. The molecule has 0 aromatic rings. The second kappa shape index (κ2) is 8.26. The van der Waals surface area contributed by atoms with Crippen molar-refractivity contribution in [1.82, 2.24) is 10.2 Å².